The number of hydrogen-bond acceptors (Lipinski definition) is 5. The highest BCUT2D eigenvalue weighted by Crippen LogP contribution is 2.00. The third kappa shape index (κ3) is 9.51. The summed E-state index contributed by atoms with van der Waals surface area (Å²) in [5.41, 5.74) is 0. The Morgan fingerprint density at radius 2 is 1.20 bits per heavy atom. The second-order valence-corrected chi connectivity index (χ2v) is 5.65. The fourth-order valence-electron chi connectivity index (χ4n) is 1.18. The summed E-state index contributed by atoms with van der Waals surface area (Å²) < 4.78 is 10.9. The zero-order valence-electron chi connectivity index (χ0n) is 9.20. The average Bonchev–Trinajstić information content (AvgIpc) is 2.27. The topological polar surface area (TPSA) is 30.5 Å². The molecule has 1 rings (SSSR count). The smallest absolute Gasteiger partial charge is 0.0700 e. The summed E-state index contributed by atoms with van der Waals surface area (Å²) in [5.74, 6) is 4.56. The van der Waals surface area contributed by atoms with Crippen molar-refractivity contribution in [1.82, 2.24) is 5.32 Å². The molecule has 0 amide bonds. The second-order valence-electron chi connectivity index (χ2n) is 3.20. The van der Waals surface area contributed by atoms with E-state index in [2.05, 4.69) is 5.32 Å². The van der Waals surface area contributed by atoms with Crippen LogP contribution in [0.2, 0.25) is 0 Å². The highest BCUT2D eigenvalue weighted by atomic mass is 32.2. The molecule has 0 atom stereocenters. The maximum Gasteiger partial charge on any atom is 0.0700 e. The van der Waals surface area contributed by atoms with Crippen molar-refractivity contribution in [3.05, 3.63) is 0 Å². The molecule has 3 nitrogen and oxygen atoms in total. The molecule has 0 aromatic heterocycles. The Hall–Kier alpha value is 0.580. The molecular formula is C10H21NO2S2. The predicted molar refractivity (Wildman–Crippen MR) is 69.2 cm³/mol. The van der Waals surface area contributed by atoms with Crippen LogP contribution in [-0.2, 0) is 9.47 Å². The van der Waals surface area contributed by atoms with E-state index in [1.807, 2.05) is 23.5 Å². The molecule has 0 radical (unpaired) electrons. The first-order valence-electron chi connectivity index (χ1n) is 5.52. The van der Waals surface area contributed by atoms with E-state index in [1.54, 1.807) is 0 Å². The normalized spacial score (nSPS) is 24.0. The van der Waals surface area contributed by atoms with E-state index in [0.29, 0.717) is 0 Å². The van der Waals surface area contributed by atoms with Crippen LogP contribution < -0.4 is 5.32 Å². The summed E-state index contributed by atoms with van der Waals surface area (Å²) in [6.45, 7) is 5.40. The summed E-state index contributed by atoms with van der Waals surface area (Å²) in [4.78, 5) is 0. The van der Waals surface area contributed by atoms with Gasteiger partial charge in [0.15, 0.2) is 0 Å². The number of thioether (sulfide) groups is 2. The molecule has 15 heavy (non-hydrogen) atoms. The summed E-state index contributed by atoms with van der Waals surface area (Å²) in [6.07, 6.45) is 0. The van der Waals surface area contributed by atoms with Gasteiger partial charge in [0.1, 0.15) is 0 Å². The molecule has 1 N–H and O–H groups in total. The fraction of sp³-hybridized carbons (Fsp3) is 1.00. The van der Waals surface area contributed by atoms with Crippen LogP contribution in [0.25, 0.3) is 0 Å². The van der Waals surface area contributed by atoms with Crippen LogP contribution in [-0.4, -0.2) is 62.5 Å². The Balaban J connectivity index is 2.01. The molecule has 0 aliphatic carbocycles. The largest absolute Gasteiger partial charge is 0.378 e. The standard InChI is InChI=1S/C10H21NO2S2/c1-7-14-9-5-12-3-4-13-6-10-15-8-2-11-1/h11H,1-10H2. The van der Waals surface area contributed by atoms with Crippen molar-refractivity contribution in [2.24, 2.45) is 0 Å². The third-order valence-electron chi connectivity index (χ3n) is 1.96. The van der Waals surface area contributed by atoms with Crippen LogP contribution in [0.1, 0.15) is 0 Å². The Morgan fingerprint density at radius 1 is 0.667 bits per heavy atom. The van der Waals surface area contributed by atoms with Crippen molar-refractivity contribution in [2.75, 3.05) is 62.5 Å². The molecule has 1 fully saturated rings. The zero-order valence-corrected chi connectivity index (χ0v) is 10.8. The molecule has 1 aliphatic rings. The van der Waals surface area contributed by atoms with Crippen LogP contribution in [0.4, 0.5) is 0 Å². The quantitative estimate of drug-likeness (QED) is 0.696. The molecule has 0 spiro atoms. The van der Waals surface area contributed by atoms with Crippen molar-refractivity contribution in [2.45, 2.75) is 0 Å². The van der Waals surface area contributed by atoms with Crippen molar-refractivity contribution in [1.29, 1.82) is 0 Å². The van der Waals surface area contributed by atoms with Gasteiger partial charge in [0.05, 0.1) is 26.4 Å². The minimum Gasteiger partial charge on any atom is -0.378 e. The average molecular weight is 251 g/mol. The molecule has 0 unspecified atom stereocenters. The van der Waals surface area contributed by atoms with Gasteiger partial charge in [-0.3, -0.25) is 0 Å². The Labute approximate surface area is 101 Å². The minimum atomic E-state index is 0.740. The number of rotatable bonds is 0. The van der Waals surface area contributed by atoms with Crippen molar-refractivity contribution < 1.29 is 9.47 Å². The SMILES string of the molecule is C1CSCCOCCOCCSCCN1. The van der Waals surface area contributed by atoms with Crippen molar-refractivity contribution >= 4 is 23.5 Å². The van der Waals surface area contributed by atoms with Gasteiger partial charge < -0.3 is 14.8 Å². The molecular weight excluding hydrogens is 230 g/mol. The Kier molecular flexibility index (Phi) is 10.1. The number of hydrogen-bond donors (Lipinski definition) is 1. The van der Waals surface area contributed by atoms with Gasteiger partial charge in [-0.1, -0.05) is 0 Å². The van der Waals surface area contributed by atoms with E-state index >= 15 is 0 Å². The van der Waals surface area contributed by atoms with E-state index < -0.39 is 0 Å². The van der Waals surface area contributed by atoms with Crippen molar-refractivity contribution in [3.8, 4) is 0 Å². The summed E-state index contributed by atoms with van der Waals surface area (Å²) in [7, 11) is 0. The first-order chi connectivity index (χ1) is 7.50. The van der Waals surface area contributed by atoms with Gasteiger partial charge in [0.25, 0.3) is 0 Å². The van der Waals surface area contributed by atoms with Crippen LogP contribution in [0.3, 0.4) is 0 Å². The van der Waals surface area contributed by atoms with E-state index in [1.165, 1.54) is 11.5 Å². The summed E-state index contributed by atoms with van der Waals surface area (Å²) in [5, 5.41) is 3.43. The van der Waals surface area contributed by atoms with Gasteiger partial charge in [0, 0.05) is 36.1 Å². The van der Waals surface area contributed by atoms with Crippen LogP contribution in [0.5, 0.6) is 0 Å². The van der Waals surface area contributed by atoms with E-state index in [0.717, 1.165) is 51.0 Å². The van der Waals surface area contributed by atoms with Crippen molar-refractivity contribution in [3.63, 3.8) is 0 Å². The molecule has 1 saturated heterocycles. The predicted octanol–water partition coefficient (Wildman–Crippen LogP) is 1.09. The molecule has 90 valence electrons. The summed E-state index contributed by atoms with van der Waals surface area (Å²) >= 11 is 3.90. The summed E-state index contributed by atoms with van der Waals surface area (Å²) in [6, 6.07) is 0. The zero-order chi connectivity index (χ0) is 10.6. The van der Waals surface area contributed by atoms with E-state index in [4.69, 9.17) is 9.47 Å². The fourth-order valence-corrected chi connectivity index (χ4v) is 2.63. The molecule has 0 aromatic carbocycles. The molecule has 1 aliphatic heterocycles. The van der Waals surface area contributed by atoms with Crippen LogP contribution >= 0.6 is 23.5 Å². The monoisotopic (exact) mass is 251 g/mol. The molecule has 5 heteroatoms. The van der Waals surface area contributed by atoms with Crippen LogP contribution in [0.15, 0.2) is 0 Å². The second kappa shape index (κ2) is 11.1. The van der Waals surface area contributed by atoms with Gasteiger partial charge >= 0.3 is 0 Å². The Morgan fingerprint density at radius 3 is 1.73 bits per heavy atom. The molecule has 0 aromatic rings. The number of nitrogens with one attached hydrogen (secondary N) is 1. The van der Waals surface area contributed by atoms with Gasteiger partial charge in [-0.2, -0.15) is 23.5 Å². The lowest BCUT2D eigenvalue weighted by atomic mass is 10.7. The maximum absolute atomic E-state index is 5.44. The van der Waals surface area contributed by atoms with Gasteiger partial charge in [-0.05, 0) is 0 Å². The minimum absolute atomic E-state index is 0.740. The van der Waals surface area contributed by atoms with Gasteiger partial charge in [-0.25, -0.2) is 0 Å². The maximum atomic E-state index is 5.44. The highest BCUT2D eigenvalue weighted by Gasteiger charge is 1.95. The van der Waals surface area contributed by atoms with Gasteiger partial charge in [0.2, 0.25) is 0 Å². The number of ether oxygens (including phenoxy) is 2. The lowest BCUT2D eigenvalue weighted by Gasteiger charge is -2.04. The first kappa shape index (κ1) is 13.6. The Bertz CT molecular complexity index is 80.0. The highest BCUT2D eigenvalue weighted by molar-refractivity contribution is 7.99. The third-order valence-corrected chi connectivity index (χ3v) is 3.86. The molecule has 1 heterocycles. The first-order valence-corrected chi connectivity index (χ1v) is 7.83. The van der Waals surface area contributed by atoms with E-state index in [9.17, 15) is 0 Å². The lowest BCUT2D eigenvalue weighted by Crippen LogP contribution is -2.20. The molecule has 0 bridgehead atoms. The van der Waals surface area contributed by atoms with E-state index in [-0.39, 0.29) is 0 Å². The molecule has 0 saturated carbocycles. The van der Waals surface area contributed by atoms with Gasteiger partial charge in [-0.15, -0.1) is 0 Å². The lowest BCUT2D eigenvalue weighted by molar-refractivity contribution is 0.0605. The van der Waals surface area contributed by atoms with Crippen LogP contribution in [0, 0.1) is 0 Å².